The smallest absolute Gasteiger partial charge is 0.290 e. The van der Waals surface area contributed by atoms with Crippen molar-refractivity contribution in [2.75, 3.05) is 14.2 Å². The van der Waals surface area contributed by atoms with Gasteiger partial charge in [0.15, 0.2) is 0 Å². The standard InChI is InChI=1S/C19H21N3O4/c1-6-13-9-14-10-15(7-8-16(14)20-11-13)26-18(24-4)17(23)22-19(2,3)12-21-25-5/h1,7-12,18H,2-5H3,(H,22,23)/b21-12+/t18-/m1/s1. The highest BCUT2D eigenvalue weighted by molar-refractivity contribution is 5.85. The monoisotopic (exact) mass is 355 g/mol. The van der Waals surface area contributed by atoms with E-state index in [-0.39, 0.29) is 0 Å². The van der Waals surface area contributed by atoms with Crippen LogP contribution in [0.2, 0.25) is 0 Å². The Kier molecular flexibility index (Phi) is 6.15. The molecule has 0 saturated carbocycles. The van der Waals surface area contributed by atoms with Crippen LogP contribution in [0.4, 0.5) is 0 Å². The number of pyridine rings is 1. The first-order chi connectivity index (χ1) is 12.4. The number of nitrogens with zero attached hydrogens (tertiary/aromatic N) is 2. The number of hydrogen-bond donors (Lipinski definition) is 1. The third kappa shape index (κ3) is 4.94. The Labute approximate surface area is 152 Å². The molecule has 0 spiro atoms. The van der Waals surface area contributed by atoms with Gasteiger partial charge in [0.25, 0.3) is 12.2 Å². The molecule has 0 bridgehead atoms. The molecule has 26 heavy (non-hydrogen) atoms. The third-order valence-corrected chi connectivity index (χ3v) is 3.42. The van der Waals surface area contributed by atoms with E-state index in [0.717, 1.165) is 10.9 Å². The fourth-order valence-electron chi connectivity index (χ4n) is 2.19. The maximum atomic E-state index is 12.4. The molecule has 2 aromatic rings. The van der Waals surface area contributed by atoms with Gasteiger partial charge >= 0.3 is 0 Å². The van der Waals surface area contributed by atoms with Crippen molar-refractivity contribution in [3.8, 4) is 18.1 Å². The van der Waals surface area contributed by atoms with E-state index in [1.165, 1.54) is 20.4 Å². The quantitative estimate of drug-likeness (QED) is 0.356. The number of nitrogens with one attached hydrogen (secondary N) is 1. The lowest BCUT2D eigenvalue weighted by Crippen LogP contribution is -2.51. The molecular weight excluding hydrogens is 334 g/mol. The molecule has 2 rings (SSSR count). The van der Waals surface area contributed by atoms with Crippen molar-refractivity contribution in [3.63, 3.8) is 0 Å². The van der Waals surface area contributed by atoms with Crippen molar-refractivity contribution in [1.29, 1.82) is 0 Å². The van der Waals surface area contributed by atoms with E-state index in [0.29, 0.717) is 11.3 Å². The summed E-state index contributed by atoms with van der Waals surface area (Å²) < 4.78 is 10.8. The number of rotatable bonds is 7. The van der Waals surface area contributed by atoms with Crippen LogP contribution in [0.3, 0.4) is 0 Å². The Morgan fingerprint density at radius 1 is 1.38 bits per heavy atom. The topological polar surface area (TPSA) is 82.0 Å². The maximum Gasteiger partial charge on any atom is 0.290 e. The van der Waals surface area contributed by atoms with Crippen LogP contribution in [0.25, 0.3) is 10.9 Å². The molecule has 0 fully saturated rings. The molecule has 1 amide bonds. The van der Waals surface area contributed by atoms with Gasteiger partial charge in [-0.3, -0.25) is 9.78 Å². The molecule has 1 aromatic heterocycles. The van der Waals surface area contributed by atoms with E-state index in [2.05, 4.69) is 26.2 Å². The summed E-state index contributed by atoms with van der Waals surface area (Å²) in [5.41, 5.74) is 0.698. The maximum absolute atomic E-state index is 12.4. The molecule has 0 aliphatic rings. The molecule has 1 N–H and O–H groups in total. The summed E-state index contributed by atoms with van der Waals surface area (Å²) in [7, 11) is 2.81. The van der Waals surface area contributed by atoms with Crippen molar-refractivity contribution >= 4 is 23.0 Å². The predicted molar refractivity (Wildman–Crippen MR) is 98.8 cm³/mol. The van der Waals surface area contributed by atoms with E-state index in [1.54, 1.807) is 38.2 Å². The van der Waals surface area contributed by atoms with Gasteiger partial charge < -0.3 is 19.6 Å². The Morgan fingerprint density at radius 2 is 2.15 bits per heavy atom. The summed E-state index contributed by atoms with van der Waals surface area (Å²) in [5, 5.41) is 7.24. The Bertz CT molecular complexity index is 855. The van der Waals surface area contributed by atoms with Crippen LogP contribution in [0.5, 0.6) is 5.75 Å². The zero-order valence-corrected chi connectivity index (χ0v) is 15.1. The van der Waals surface area contributed by atoms with Crippen LogP contribution in [0.15, 0.2) is 35.6 Å². The van der Waals surface area contributed by atoms with E-state index in [4.69, 9.17) is 15.9 Å². The van der Waals surface area contributed by atoms with Gasteiger partial charge in [0.2, 0.25) is 0 Å². The van der Waals surface area contributed by atoms with Crippen molar-refractivity contribution in [2.24, 2.45) is 5.16 Å². The SMILES string of the molecule is C#Cc1cnc2ccc(O[C@@H](OC)C(=O)NC(C)(C)/C=N/OC)cc2c1. The van der Waals surface area contributed by atoms with Crippen molar-refractivity contribution < 1.29 is 19.1 Å². The van der Waals surface area contributed by atoms with Crippen LogP contribution in [0, 0.1) is 12.3 Å². The van der Waals surface area contributed by atoms with Crippen LogP contribution < -0.4 is 10.1 Å². The first-order valence-corrected chi connectivity index (χ1v) is 7.84. The van der Waals surface area contributed by atoms with Gasteiger partial charge in [-0.2, -0.15) is 0 Å². The summed E-state index contributed by atoms with van der Waals surface area (Å²) in [6, 6.07) is 7.06. The second-order valence-corrected chi connectivity index (χ2v) is 6.04. The second-order valence-electron chi connectivity index (χ2n) is 6.04. The van der Waals surface area contributed by atoms with Crippen molar-refractivity contribution in [3.05, 3.63) is 36.0 Å². The summed E-state index contributed by atoms with van der Waals surface area (Å²) in [5.74, 6) is 2.55. The molecular formula is C19H21N3O4. The van der Waals surface area contributed by atoms with Crippen LogP contribution in [-0.4, -0.2) is 43.2 Å². The Hall–Kier alpha value is -3.11. The molecule has 7 heteroatoms. The zero-order chi connectivity index (χ0) is 19.2. The van der Waals surface area contributed by atoms with E-state index in [9.17, 15) is 4.79 Å². The molecule has 1 atom stereocenters. The Balaban J connectivity index is 2.16. The number of oxime groups is 1. The van der Waals surface area contributed by atoms with Gasteiger partial charge in [0.1, 0.15) is 12.9 Å². The lowest BCUT2D eigenvalue weighted by Gasteiger charge is -2.24. The summed E-state index contributed by atoms with van der Waals surface area (Å²) >= 11 is 0. The Morgan fingerprint density at radius 3 is 2.81 bits per heavy atom. The molecule has 0 aliphatic heterocycles. The number of aromatic nitrogens is 1. The lowest BCUT2D eigenvalue weighted by atomic mass is 10.1. The minimum absolute atomic E-state index is 0.448. The number of ether oxygens (including phenoxy) is 2. The highest BCUT2D eigenvalue weighted by Crippen LogP contribution is 2.21. The van der Waals surface area contributed by atoms with Gasteiger partial charge in [-0.15, -0.1) is 6.42 Å². The predicted octanol–water partition coefficient (Wildman–Crippen LogP) is 2.09. The number of fused-ring (bicyclic) bond motifs is 1. The molecule has 0 saturated heterocycles. The second kappa shape index (κ2) is 8.32. The van der Waals surface area contributed by atoms with Gasteiger partial charge in [-0.25, -0.2) is 0 Å². The number of amides is 1. The number of hydrogen-bond acceptors (Lipinski definition) is 6. The minimum atomic E-state index is -1.13. The minimum Gasteiger partial charge on any atom is -0.455 e. The van der Waals surface area contributed by atoms with E-state index in [1.807, 2.05) is 6.07 Å². The van der Waals surface area contributed by atoms with Gasteiger partial charge in [-0.1, -0.05) is 11.1 Å². The molecule has 1 heterocycles. The van der Waals surface area contributed by atoms with Gasteiger partial charge in [0, 0.05) is 24.3 Å². The van der Waals surface area contributed by atoms with Gasteiger partial charge in [-0.05, 0) is 38.1 Å². The molecule has 0 unspecified atom stereocenters. The number of terminal acetylenes is 1. The first kappa shape index (κ1) is 19.2. The van der Waals surface area contributed by atoms with E-state index >= 15 is 0 Å². The van der Waals surface area contributed by atoms with Crippen molar-refractivity contribution in [2.45, 2.75) is 25.7 Å². The van der Waals surface area contributed by atoms with E-state index < -0.39 is 17.7 Å². The highest BCUT2D eigenvalue weighted by atomic mass is 16.7. The summed E-state index contributed by atoms with van der Waals surface area (Å²) in [6.07, 6.45) is 7.36. The summed E-state index contributed by atoms with van der Waals surface area (Å²) in [6.45, 7) is 3.53. The van der Waals surface area contributed by atoms with Crippen LogP contribution in [-0.2, 0) is 14.4 Å². The molecule has 0 radical (unpaired) electrons. The molecule has 7 nitrogen and oxygen atoms in total. The third-order valence-electron chi connectivity index (χ3n) is 3.42. The normalized spacial score (nSPS) is 12.6. The average Bonchev–Trinajstić information content (AvgIpc) is 2.63. The molecule has 1 aromatic carbocycles. The summed E-state index contributed by atoms with van der Waals surface area (Å²) in [4.78, 5) is 21.3. The number of carbonyl (C=O) groups is 1. The zero-order valence-electron chi connectivity index (χ0n) is 15.1. The highest BCUT2D eigenvalue weighted by Gasteiger charge is 2.26. The number of benzene rings is 1. The number of methoxy groups -OCH3 is 1. The van der Waals surface area contributed by atoms with Crippen LogP contribution >= 0.6 is 0 Å². The first-order valence-electron chi connectivity index (χ1n) is 7.84. The largest absolute Gasteiger partial charge is 0.455 e. The fraction of sp³-hybridized carbons (Fsp3) is 0.316. The lowest BCUT2D eigenvalue weighted by molar-refractivity contribution is -0.149. The van der Waals surface area contributed by atoms with Gasteiger partial charge in [0.05, 0.1) is 17.3 Å². The average molecular weight is 355 g/mol. The molecule has 0 aliphatic carbocycles. The molecule has 136 valence electrons. The van der Waals surface area contributed by atoms with Crippen molar-refractivity contribution in [1.82, 2.24) is 10.3 Å². The number of carbonyl (C=O) groups excluding carboxylic acids is 1. The van der Waals surface area contributed by atoms with Crippen LogP contribution in [0.1, 0.15) is 19.4 Å². The fourth-order valence-corrected chi connectivity index (χ4v) is 2.19.